The number of H-pyrrole nitrogens is 1. The van der Waals surface area contributed by atoms with Crippen LogP contribution in [0.2, 0.25) is 0 Å². The van der Waals surface area contributed by atoms with Crippen LogP contribution in [0.4, 0.5) is 0 Å². The summed E-state index contributed by atoms with van der Waals surface area (Å²) in [5.74, 6) is 0.155. The molecule has 1 atom stereocenters. The van der Waals surface area contributed by atoms with Gasteiger partial charge in [-0.3, -0.25) is 4.79 Å². The lowest BCUT2D eigenvalue weighted by Crippen LogP contribution is -2.35. The number of hydrogen-bond acceptors (Lipinski definition) is 3. The number of fused-ring (bicyclic) bond motifs is 2. The zero-order valence-electron chi connectivity index (χ0n) is 16.5. The highest BCUT2D eigenvalue weighted by molar-refractivity contribution is 5.84. The van der Waals surface area contributed by atoms with Gasteiger partial charge in [-0.15, -0.1) is 0 Å². The van der Waals surface area contributed by atoms with E-state index in [1.54, 1.807) is 6.92 Å². The molecule has 1 aromatic carbocycles. The van der Waals surface area contributed by atoms with Crippen LogP contribution < -0.4 is 5.32 Å². The van der Waals surface area contributed by atoms with E-state index < -0.39 is 0 Å². The highest BCUT2D eigenvalue weighted by Gasteiger charge is 2.26. The Balaban J connectivity index is 1.64. The van der Waals surface area contributed by atoms with Crippen LogP contribution in [-0.2, 0) is 17.8 Å². The van der Waals surface area contributed by atoms with E-state index in [9.17, 15) is 4.79 Å². The Morgan fingerprint density at radius 2 is 2.14 bits per heavy atom. The summed E-state index contributed by atoms with van der Waals surface area (Å²) in [6.07, 6.45) is 7.31. The topological polar surface area (TPSA) is 61.0 Å². The molecule has 2 N–H and O–H groups in total. The Morgan fingerprint density at radius 3 is 2.93 bits per heavy atom. The normalized spacial score (nSPS) is 19.2. The molecular formula is C23H26N4O. The van der Waals surface area contributed by atoms with Crippen molar-refractivity contribution in [3.05, 3.63) is 52.8 Å². The van der Waals surface area contributed by atoms with Gasteiger partial charge in [0, 0.05) is 49.4 Å². The average molecular weight is 374 g/mol. The third kappa shape index (κ3) is 2.90. The van der Waals surface area contributed by atoms with Crippen LogP contribution in [0.3, 0.4) is 0 Å². The third-order valence-corrected chi connectivity index (χ3v) is 6.32. The van der Waals surface area contributed by atoms with Gasteiger partial charge in [0.15, 0.2) is 0 Å². The second kappa shape index (κ2) is 6.74. The van der Waals surface area contributed by atoms with Crippen LogP contribution in [0.1, 0.15) is 48.1 Å². The first-order valence-corrected chi connectivity index (χ1v) is 10.2. The number of nitrogens with one attached hydrogen (secondary N) is 2. The molecule has 2 aliphatic rings. The number of rotatable bonds is 2. The molecule has 5 heteroatoms. The van der Waals surface area contributed by atoms with E-state index in [2.05, 4.69) is 40.4 Å². The summed E-state index contributed by atoms with van der Waals surface area (Å²) in [6, 6.07) is 7.28. The molecule has 0 aliphatic carbocycles. The van der Waals surface area contributed by atoms with E-state index >= 15 is 0 Å². The molecule has 0 saturated carbocycles. The number of pyridine rings is 1. The van der Waals surface area contributed by atoms with Crippen molar-refractivity contribution in [2.24, 2.45) is 0 Å². The van der Waals surface area contributed by atoms with Gasteiger partial charge in [-0.1, -0.05) is 0 Å². The fourth-order valence-electron chi connectivity index (χ4n) is 4.72. The minimum atomic E-state index is 0.155. The maximum atomic E-state index is 12.0. The summed E-state index contributed by atoms with van der Waals surface area (Å²) >= 11 is 0. The molecule has 2 aromatic heterocycles. The predicted octanol–water partition coefficient (Wildman–Crippen LogP) is 3.87. The van der Waals surface area contributed by atoms with Gasteiger partial charge in [0.2, 0.25) is 5.91 Å². The summed E-state index contributed by atoms with van der Waals surface area (Å²) in [4.78, 5) is 21.8. The lowest BCUT2D eigenvalue weighted by Gasteiger charge is -2.31. The van der Waals surface area contributed by atoms with Gasteiger partial charge in [0.25, 0.3) is 0 Å². The van der Waals surface area contributed by atoms with Crippen molar-refractivity contribution in [2.75, 3.05) is 13.1 Å². The quantitative estimate of drug-likeness (QED) is 0.716. The molecule has 0 radical (unpaired) electrons. The van der Waals surface area contributed by atoms with Crippen LogP contribution in [-0.4, -0.2) is 33.9 Å². The lowest BCUT2D eigenvalue weighted by molar-refractivity contribution is -0.129. The van der Waals surface area contributed by atoms with E-state index in [1.165, 1.54) is 46.0 Å². The van der Waals surface area contributed by atoms with Gasteiger partial charge in [0.1, 0.15) is 5.65 Å². The molecule has 1 fully saturated rings. The second-order valence-electron chi connectivity index (χ2n) is 8.13. The Morgan fingerprint density at radius 1 is 1.25 bits per heavy atom. The number of aromatic amines is 1. The van der Waals surface area contributed by atoms with Crippen LogP contribution in [0.25, 0.3) is 22.2 Å². The van der Waals surface area contributed by atoms with Crippen LogP contribution in [0, 0.1) is 6.92 Å². The van der Waals surface area contributed by atoms with Gasteiger partial charge in [-0.05, 0) is 78.7 Å². The van der Waals surface area contributed by atoms with Gasteiger partial charge in [-0.25, -0.2) is 4.98 Å². The first kappa shape index (κ1) is 17.4. The molecule has 1 saturated heterocycles. The van der Waals surface area contributed by atoms with Crippen molar-refractivity contribution in [1.82, 2.24) is 20.2 Å². The fraction of sp³-hybridized carbons (Fsp3) is 0.391. The first-order chi connectivity index (χ1) is 13.6. The molecule has 2 aliphatic heterocycles. The lowest BCUT2D eigenvalue weighted by atomic mass is 9.87. The molecule has 0 bridgehead atoms. The zero-order valence-corrected chi connectivity index (χ0v) is 16.5. The number of aromatic nitrogens is 2. The molecule has 1 amide bonds. The van der Waals surface area contributed by atoms with Gasteiger partial charge >= 0.3 is 0 Å². The number of nitrogens with zero attached hydrogens (tertiary/aromatic N) is 2. The number of aryl methyl sites for hydroxylation is 1. The second-order valence-corrected chi connectivity index (χ2v) is 8.13. The molecular weight excluding hydrogens is 348 g/mol. The summed E-state index contributed by atoms with van der Waals surface area (Å²) in [5, 5.41) is 4.84. The summed E-state index contributed by atoms with van der Waals surface area (Å²) < 4.78 is 0. The van der Waals surface area contributed by atoms with E-state index in [0.717, 1.165) is 30.7 Å². The van der Waals surface area contributed by atoms with Crippen molar-refractivity contribution in [3.63, 3.8) is 0 Å². The SMILES string of the molecule is CC(=O)N1CCc2c(cc(-c3cnc4[nH]cc(C)c4c3)cc2[C@@H]2CCCN2)C1. The van der Waals surface area contributed by atoms with E-state index in [-0.39, 0.29) is 5.91 Å². The average Bonchev–Trinajstić information content (AvgIpc) is 3.37. The molecule has 5 nitrogen and oxygen atoms in total. The monoisotopic (exact) mass is 374 g/mol. The van der Waals surface area contributed by atoms with Crippen molar-refractivity contribution in [3.8, 4) is 11.1 Å². The molecule has 144 valence electrons. The van der Waals surface area contributed by atoms with E-state index in [4.69, 9.17) is 0 Å². The Labute approximate surface area is 165 Å². The Kier molecular flexibility index (Phi) is 4.20. The maximum absolute atomic E-state index is 12.0. The Bertz CT molecular complexity index is 1060. The number of carbonyl (C=O) groups is 1. The fourth-order valence-corrected chi connectivity index (χ4v) is 4.72. The number of benzene rings is 1. The van der Waals surface area contributed by atoms with Crippen molar-refractivity contribution < 1.29 is 4.79 Å². The number of amides is 1. The van der Waals surface area contributed by atoms with Crippen LogP contribution in [0.15, 0.2) is 30.6 Å². The summed E-state index contributed by atoms with van der Waals surface area (Å²) in [7, 11) is 0. The highest BCUT2D eigenvalue weighted by Crippen LogP contribution is 2.36. The number of hydrogen-bond donors (Lipinski definition) is 2. The maximum Gasteiger partial charge on any atom is 0.219 e. The minimum absolute atomic E-state index is 0.155. The van der Waals surface area contributed by atoms with Crippen LogP contribution >= 0.6 is 0 Å². The van der Waals surface area contributed by atoms with Crippen molar-refractivity contribution >= 4 is 16.9 Å². The predicted molar refractivity (Wildman–Crippen MR) is 111 cm³/mol. The summed E-state index contributed by atoms with van der Waals surface area (Å²) in [5.41, 5.74) is 8.61. The first-order valence-electron chi connectivity index (χ1n) is 10.2. The largest absolute Gasteiger partial charge is 0.346 e. The van der Waals surface area contributed by atoms with Crippen molar-refractivity contribution in [1.29, 1.82) is 0 Å². The highest BCUT2D eigenvalue weighted by atomic mass is 16.2. The Hall–Kier alpha value is -2.66. The molecule has 0 unspecified atom stereocenters. The van der Waals surface area contributed by atoms with Gasteiger partial charge in [0.05, 0.1) is 0 Å². The molecule has 3 aromatic rings. The minimum Gasteiger partial charge on any atom is -0.346 e. The van der Waals surface area contributed by atoms with Crippen molar-refractivity contribution in [2.45, 2.75) is 45.7 Å². The van der Waals surface area contributed by atoms with E-state index in [0.29, 0.717) is 12.6 Å². The molecule has 0 spiro atoms. The van der Waals surface area contributed by atoms with Gasteiger partial charge in [-0.2, -0.15) is 0 Å². The summed E-state index contributed by atoms with van der Waals surface area (Å²) in [6.45, 7) is 6.38. The molecule has 5 rings (SSSR count). The van der Waals surface area contributed by atoms with Crippen LogP contribution in [0.5, 0.6) is 0 Å². The standard InChI is InChI=1S/C23H26N4O/c1-14-11-25-23-20(14)10-17(12-26-23)16-8-18-13-27(15(2)28)7-5-19(18)21(9-16)22-4-3-6-24-22/h8-12,22,24H,3-7,13H2,1-2H3,(H,25,26)/t22-/m0/s1. The third-order valence-electron chi connectivity index (χ3n) is 6.32. The van der Waals surface area contributed by atoms with E-state index in [1.807, 2.05) is 17.3 Å². The smallest absolute Gasteiger partial charge is 0.219 e. The molecule has 4 heterocycles. The zero-order chi connectivity index (χ0) is 19.3. The molecule has 28 heavy (non-hydrogen) atoms. The number of carbonyl (C=O) groups excluding carboxylic acids is 1. The van der Waals surface area contributed by atoms with Gasteiger partial charge < -0.3 is 15.2 Å².